The van der Waals surface area contributed by atoms with Gasteiger partial charge in [-0.15, -0.1) is 0 Å². The number of carbonyl (C=O) groups is 1. The third-order valence-electron chi connectivity index (χ3n) is 3.75. The van der Waals surface area contributed by atoms with Crippen LogP contribution >= 0.6 is 11.6 Å². The Kier molecular flexibility index (Phi) is 5.69. The number of hydrogen-bond donors (Lipinski definition) is 1. The number of hydrogen-bond acceptors (Lipinski definition) is 4. The van der Waals surface area contributed by atoms with Gasteiger partial charge in [-0.3, -0.25) is 4.79 Å². The molecule has 1 aromatic rings. The van der Waals surface area contributed by atoms with Crippen LogP contribution in [0.2, 0.25) is 5.02 Å². The minimum absolute atomic E-state index is 0.0113. The van der Waals surface area contributed by atoms with Crippen molar-refractivity contribution in [2.75, 3.05) is 36.5 Å². The van der Waals surface area contributed by atoms with Crippen LogP contribution in [0.1, 0.15) is 18.4 Å². The van der Waals surface area contributed by atoms with E-state index in [1.807, 2.05) is 25.1 Å². The van der Waals surface area contributed by atoms with Crippen molar-refractivity contribution in [2.45, 2.75) is 19.8 Å². The number of sulfone groups is 1. The van der Waals surface area contributed by atoms with Gasteiger partial charge >= 0.3 is 0 Å². The number of rotatable bonds is 4. The van der Waals surface area contributed by atoms with Crippen molar-refractivity contribution < 1.29 is 13.2 Å². The zero-order chi connectivity index (χ0) is 16.2. The molecule has 1 N–H and O–H groups in total. The standard InChI is InChI=1S/C15H21ClN2O3S/c1-12-3-4-13(11-14(12)16)17-6-5-15(19)18-7-2-9-22(20,21)10-8-18/h3-4,11,17H,2,5-10H2,1H3. The highest BCUT2D eigenvalue weighted by Crippen LogP contribution is 2.19. The Balaban J connectivity index is 1.81. The molecule has 0 aliphatic carbocycles. The topological polar surface area (TPSA) is 66.5 Å². The molecule has 122 valence electrons. The molecular formula is C15H21ClN2O3S. The van der Waals surface area contributed by atoms with Gasteiger partial charge in [-0.2, -0.15) is 0 Å². The molecule has 1 heterocycles. The monoisotopic (exact) mass is 344 g/mol. The second kappa shape index (κ2) is 7.33. The maximum Gasteiger partial charge on any atom is 0.224 e. The van der Waals surface area contributed by atoms with Crippen LogP contribution in [0, 0.1) is 6.92 Å². The van der Waals surface area contributed by atoms with E-state index in [0.29, 0.717) is 37.5 Å². The fourth-order valence-corrected chi connectivity index (χ4v) is 3.81. The summed E-state index contributed by atoms with van der Waals surface area (Å²) in [7, 11) is -2.98. The smallest absolute Gasteiger partial charge is 0.224 e. The van der Waals surface area contributed by atoms with Gasteiger partial charge in [-0.05, 0) is 31.0 Å². The molecule has 0 bridgehead atoms. The molecule has 1 aromatic carbocycles. The Morgan fingerprint density at radius 2 is 2.09 bits per heavy atom. The van der Waals surface area contributed by atoms with Crippen molar-refractivity contribution in [3.05, 3.63) is 28.8 Å². The Labute approximate surface area is 136 Å². The third kappa shape index (κ3) is 4.88. The Bertz CT molecular complexity index is 646. The fraction of sp³-hybridized carbons (Fsp3) is 0.533. The maximum atomic E-state index is 12.1. The number of halogens is 1. The first-order chi connectivity index (χ1) is 10.4. The van der Waals surface area contributed by atoms with E-state index in [1.165, 1.54) is 0 Å². The molecule has 0 saturated carbocycles. The number of anilines is 1. The number of benzene rings is 1. The average Bonchev–Trinajstić information content (AvgIpc) is 2.63. The number of amides is 1. The molecule has 0 spiro atoms. The zero-order valence-electron chi connectivity index (χ0n) is 12.6. The summed E-state index contributed by atoms with van der Waals surface area (Å²) in [6.45, 7) is 3.26. The van der Waals surface area contributed by atoms with E-state index in [-0.39, 0.29) is 17.4 Å². The lowest BCUT2D eigenvalue weighted by atomic mass is 10.2. The number of nitrogens with zero attached hydrogens (tertiary/aromatic N) is 1. The van der Waals surface area contributed by atoms with E-state index >= 15 is 0 Å². The summed E-state index contributed by atoms with van der Waals surface area (Å²) >= 11 is 6.05. The van der Waals surface area contributed by atoms with Gasteiger partial charge in [-0.25, -0.2) is 8.42 Å². The van der Waals surface area contributed by atoms with E-state index < -0.39 is 9.84 Å². The molecule has 0 radical (unpaired) electrons. The SMILES string of the molecule is Cc1ccc(NCCC(=O)N2CCCS(=O)(=O)CC2)cc1Cl. The van der Waals surface area contributed by atoms with Gasteiger partial charge in [0.25, 0.3) is 0 Å². The van der Waals surface area contributed by atoms with Gasteiger partial charge < -0.3 is 10.2 Å². The van der Waals surface area contributed by atoms with Crippen molar-refractivity contribution in [3.63, 3.8) is 0 Å². The molecular weight excluding hydrogens is 324 g/mol. The molecule has 1 saturated heterocycles. The quantitative estimate of drug-likeness (QED) is 0.908. The maximum absolute atomic E-state index is 12.1. The van der Waals surface area contributed by atoms with Gasteiger partial charge in [0.2, 0.25) is 5.91 Å². The van der Waals surface area contributed by atoms with Crippen LogP contribution in [-0.4, -0.2) is 50.4 Å². The van der Waals surface area contributed by atoms with Crippen LogP contribution in [0.4, 0.5) is 5.69 Å². The highest BCUT2D eigenvalue weighted by molar-refractivity contribution is 7.91. The molecule has 5 nitrogen and oxygen atoms in total. The third-order valence-corrected chi connectivity index (χ3v) is 5.87. The molecule has 7 heteroatoms. The van der Waals surface area contributed by atoms with Crippen molar-refractivity contribution >= 4 is 33.0 Å². The van der Waals surface area contributed by atoms with Crippen molar-refractivity contribution in [1.82, 2.24) is 4.90 Å². The summed E-state index contributed by atoms with van der Waals surface area (Å²) in [5.74, 6) is 0.235. The zero-order valence-corrected chi connectivity index (χ0v) is 14.2. The van der Waals surface area contributed by atoms with Crippen LogP contribution < -0.4 is 5.32 Å². The number of aryl methyl sites for hydroxylation is 1. The van der Waals surface area contributed by atoms with E-state index in [9.17, 15) is 13.2 Å². The Morgan fingerprint density at radius 1 is 1.32 bits per heavy atom. The van der Waals surface area contributed by atoms with E-state index in [1.54, 1.807) is 4.90 Å². The first kappa shape index (κ1) is 17.1. The minimum Gasteiger partial charge on any atom is -0.384 e. The van der Waals surface area contributed by atoms with Gasteiger partial charge in [0.05, 0.1) is 11.5 Å². The highest BCUT2D eigenvalue weighted by Gasteiger charge is 2.21. The van der Waals surface area contributed by atoms with Crippen LogP contribution in [0.25, 0.3) is 0 Å². The molecule has 2 rings (SSSR count). The molecule has 1 fully saturated rings. The number of nitrogens with one attached hydrogen (secondary N) is 1. The van der Waals surface area contributed by atoms with Crippen LogP contribution in [0.3, 0.4) is 0 Å². The molecule has 22 heavy (non-hydrogen) atoms. The van der Waals surface area contributed by atoms with E-state index in [2.05, 4.69) is 5.32 Å². The molecule has 0 aromatic heterocycles. The molecule has 0 unspecified atom stereocenters. The summed E-state index contributed by atoms with van der Waals surface area (Å²) in [4.78, 5) is 13.8. The van der Waals surface area contributed by atoms with Gasteiger partial charge in [0, 0.05) is 36.8 Å². The second-order valence-electron chi connectivity index (χ2n) is 5.53. The fourth-order valence-electron chi connectivity index (χ4n) is 2.36. The summed E-state index contributed by atoms with van der Waals surface area (Å²) < 4.78 is 23.1. The van der Waals surface area contributed by atoms with Crippen LogP contribution in [0.5, 0.6) is 0 Å². The first-order valence-corrected chi connectivity index (χ1v) is 9.55. The summed E-state index contributed by atoms with van der Waals surface area (Å²) in [5.41, 5.74) is 1.89. The minimum atomic E-state index is -2.98. The summed E-state index contributed by atoms with van der Waals surface area (Å²) in [5, 5.41) is 3.85. The van der Waals surface area contributed by atoms with Crippen LogP contribution in [0.15, 0.2) is 18.2 Å². The summed E-state index contributed by atoms with van der Waals surface area (Å²) in [6.07, 6.45) is 0.862. The van der Waals surface area contributed by atoms with Crippen molar-refractivity contribution in [2.24, 2.45) is 0 Å². The van der Waals surface area contributed by atoms with Crippen molar-refractivity contribution in [1.29, 1.82) is 0 Å². The molecule has 0 atom stereocenters. The lowest BCUT2D eigenvalue weighted by molar-refractivity contribution is -0.130. The average molecular weight is 345 g/mol. The second-order valence-corrected chi connectivity index (χ2v) is 8.24. The largest absolute Gasteiger partial charge is 0.384 e. The lowest BCUT2D eigenvalue weighted by Crippen LogP contribution is -2.34. The Morgan fingerprint density at radius 3 is 2.82 bits per heavy atom. The lowest BCUT2D eigenvalue weighted by Gasteiger charge is -2.20. The normalized spacial score (nSPS) is 17.8. The predicted octanol–water partition coefficient (Wildman–Crippen LogP) is 2.10. The first-order valence-electron chi connectivity index (χ1n) is 7.35. The van der Waals surface area contributed by atoms with Crippen LogP contribution in [-0.2, 0) is 14.6 Å². The van der Waals surface area contributed by atoms with Gasteiger partial charge in [0.1, 0.15) is 0 Å². The van der Waals surface area contributed by atoms with E-state index in [0.717, 1.165) is 11.3 Å². The summed E-state index contributed by atoms with van der Waals surface area (Å²) in [6, 6.07) is 5.68. The number of carbonyl (C=O) groups excluding carboxylic acids is 1. The Hall–Kier alpha value is -1.27. The predicted molar refractivity (Wildman–Crippen MR) is 89.1 cm³/mol. The van der Waals surface area contributed by atoms with Gasteiger partial charge in [-0.1, -0.05) is 17.7 Å². The molecule has 1 amide bonds. The highest BCUT2D eigenvalue weighted by atomic mass is 35.5. The van der Waals surface area contributed by atoms with Gasteiger partial charge in [0.15, 0.2) is 9.84 Å². The van der Waals surface area contributed by atoms with Crippen molar-refractivity contribution in [3.8, 4) is 0 Å². The molecule has 1 aliphatic heterocycles. The molecule has 1 aliphatic rings. The van der Waals surface area contributed by atoms with E-state index in [4.69, 9.17) is 11.6 Å².